The van der Waals surface area contributed by atoms with Gasteiger partial charge >= 0.3 is 5.97 Å². The van der Waals surface area contributed by atoms with Crippen molar-refractivity contribution in [3.63, 3.8) is 0 Å². The van der Waals surface area contributed by atoms with Crippen LogP contribution in [0, 0.1) is 5.92 Å². The van der Waals surface area contributed by atoms with Crippen molar-refractivity contribution in [1.29, 1.82) is 0 Å². The largest absolute Gasteiger partial charge is 0.481 e. The number of carboxylic acids is 1. The third-order valence-electron chi connectivity index (χ3n) is 2.03. The first-order valence-electron chi connectivity index (χ1n) is 4.45. The molecular weight excluding hydrogens is 262 g/mol. The van der Waals surface area contributed by atoms with Crippen LogP contribution in [0.25, 0.3) is 0 Å². The predicted molar refractivity (Wildman–Crippen MR) is 59.0 cm³/mol. The first-order chi connectivity index (χ1) is 7.04. The molecule has 0 radical (unpaired) electrons. The molecule has 1 heterocycles. The third-order valence-corrected chi connectivity index (χ3v) is 2.47. The Morgan fingerprint density at radius 2 is 2.40 bits per heavy atom. The minimum Gasteiger partial charge on any atom is -0.481 e. The van der Waals surface area contributed by atoms with Gasteiger partial charge in [-0.25, -0.2) is 4.98 Å². The van der Waals surface area contributed by atoms with Crippen molar-refractivity contribution < 1.29 is 14.6 Å². The van der Waals surface area contributed by atoms with Crippen molar-refractivity contribution in [2.75, 3.05) is 7.11 Å². The molecule has 82 valence electrons. The van der Waals surface area contributed by atoms with Gasteiger partial charge in [-0.2, -0.15) is 0 Å². The Hall–Kier alpha value is -1.10. The fraction of sp³-hybridized carbons (Fsp3) is 0.400. The predicted octanol–water partition coefficient (Wildman–Crippen LogP) is 2.12. The Kier molecular flexibility index (Phi) is 4.08. The molecule has 0 spiro atoms. The maximum Gasteiger partial charge on any atom is 0.306 e. The molecule has 0 saturated carbocycles. The van der Waals surface area contributed by atoms with Crippen molar-refractivity contribution >= 4 is 21.9 Å². The van der Waals surface area contributed by atoms with Crippen LogP contribution >= 0.6 is 15.9 Å². The maximum atomic E-state index is 10.7. The van der Waals surface area contributed by atoms with Gasteiger partial charge in [0.25, 0.3) is 0 Å². The lowest BCUT2D eigenvalue weighted by atomic mass is 10.0. The van der Waals surface area contributed by atoms with Gasteiger partial charge in [0, 0.05) is 16.2 Å². The molecular formula is C10H12BrNO3. The molecule has 1 aromatic rings. The Balaban J connectivity index is 2.91. The average Bonchev–Trinajstić information content (AvgIpc) is 2.18. The standard InChI is InChI=1S/C10H12BrNO3/c1-6(10(13)14)3-7-4-8(11)5-12-9(7)15-2/h4-6H,3H2,1-2H3,(H,13,14). The summed E-state index contributed by atoms with van der Waals surface area (Å²) in [6.07, 6.45) is 2.03. The lowest BCUT2D eigenvalue weighted by molar-refractivity contribution is -0.141. The Morgan fingerprint density at radius 1 is 1.73 bits per heavy atom. The number of nitrogens with zero attached hydrogens (tertiary/aromatic N) is 1. The first-order valence-corrected chi connectivity index (χ1v) is 5.25. The number of pyridine rings is 1. The van der Waals surface area contributed by atoms with Gasteiger partial charge in [-0.15, -0.1) is 0 Å². The van der Waals surface area contributed by atoms with E-state index >= 15 is 0 Å². The second-order valence-electron chi connectivity index (χ2n) is 3.27. The van der Waals surface area contributed by atoms with Gasteiger partial charge in [0.2, 0.25) is 5.88 Å². The summed E-state index contributed by atoms with van der Waals surface area (Å²) in [6.45, 7) is 1.66. The van der Waals surface area contributed by atoms with Crippen molar-refractivity contribution in [3.05, 3.63) is 22.3 Å². The average molecular weight is 274 g/mol. The summed E-state index contributed by atoms with van der Waals surface area (Å²) < 4.78 is 5.87. The number of carboxylic acid groups (broad SMARTS) is 1. The SMILES string of the molecule is COc1ncc(Br)cc1CC(C)C(=O)O. The van der Waals surface area contributed by atoms with Crippen LogP contribution in [-0.2, 0) is 11.2 Å². The van der Waals surface area contributed by atoms with E-state index in [2.05, 4.69) is 20.9 Å². The van der Waals surface area contributed by atoms with Crippen LogP contribution < -0.4 is 4.74 Å². The van der Waals surface area contributed by atoms with Crippen molar-refractivity contribution in [2.24, 2.45) is 5.92 Å². The van der Waals surface area contributed by atoms with E-state index < -0.39 is 11.9 Å². The fourth-order valence-corrected chi connectivity index (χ4v) is 1.59. The highest BCUT2D eigenvalue weighted by molar-refractivity contribution is 9.10. The number of halogens is 1. The number of rotatable bonds is 4. The van der Waals surface area contributed by atoms with Crippen LogP contribution in [0.15, 0.2) is 16.7 Å². The first kappa shape index (κ1) is 12.0. The smallest absolute Gasteiger partial charge is 0.306 e. The normalized spacial score (nSPS) is 12.2. The fourth-order valence-electron chi connectivity index (χ4n) is 1.22. The van der Waals surface area contributed by atoms with E-state index in [9.17, 15) is 4.79 Å². The van der Waals surface area contributed by atoms with Crippen LogP contribution in [0.1, 0.15) is 12.5 Å². The summed E-state index contributed by atoms with van der Waals surface area (Å²) in [5.74, 6) is -0.793. The van der Waals surface area contributed by atoms with Gasteiger partial charge in [-0.3, -0.25) is 4.79 Å². The molecule has 1 N–H and O–H groups in total. The van der Waals surface area contributed by atoms with Gasteiger partial charge < -0.3 is 9.84 Å². The number of hydrogen-bond donors (Lipinski definition) is 1. The zero-order chi connectivity index (χ0) is 11.4. The topological polar surface area (TPSA) is 59.4 Å². The molecule has 1 rings (SSSR count). The van der Waals surface area contributed by atoms with Crippen molar-refractivity contribution in [1.82, 2.24) is 4.98 Å². The Labute approximate surface area is 96.4 Å². The number of aromatic nitrogens is 1. The number of ether oxygens (including phenoxy) is 1. The van der Waals surface area contributed by atoms with Gasteiger partial charge in [-0.1, -0.05) is 6.92 Å². The second kappa shape index (κ2) is 5.11. The molecule has 0 bridgehead atoms. The molecule has 0 fully saturated rings. The van der Waals surface area contributed by atoms with Crippen LogP contribution in [-0.4, -0.2) is 23.2 Å². The Morgan fingerprint density at radius 3 is 2.93 bits per heavy atom. The molecule has 15 heavy (non-hydrogen) atoms. The molecule has 0 amide bonds. The molecule has 0 saturated heterocycles. The maximum absolute atomic E-state index is 10.7. The summed E-state index contributed by atoms with van der Waals surface area (Å²) in [6, 6.07) is 1.82. The molecule has 1 aromatic heterocycles. The molecule has 0 aliphatic heterocycles. The van der Waals surface area contributed by atoms with E-state index in [1.54, 1.807) is 13.1 Å². The third kappa shape index (κ3) is 3.20. The van der Waals surface area contributed by atoms with Gasteiger partial charge in [0.05, 0.1) is 13.0 Å². The zero-order valence-electron chi connectivity index (χ0n) is 8.53. The van der Waals surface area contributed by atoms with Crippen LogP contribution in [0.4, 0.5) is 0 Å². The molecule has 0 aliphatic carbocycles. The lowest BCUT2D eigenvalue weighted by Gasteiger charge is -2.10. The number of aliphatic carboxylic acids is 1. The van der Waals surface area contributed by atoms with E-state index in [0.29, 0.717) is 12.3 Å². The molecule has 5 heteroatoms. The van der Waals surface area contributed by atoms with Gasteiger partial charge in [0.15, 0.2) is 0 Å². The second-order valence-corrected chi connectivity index (χ2v) is 4.18. The van der Waals surface area contributed by atoms with Crippen molar-refractivity contribution in [2.45, 2.75) is 13.3 Å². The Bertz CT molecular complexity index is 368. The van der Waals surface area contributed by atoms with E-state index in [0.717, 1.165) is 10.0 Å². The minimum atomic E-state index is -0.822. The van der Waals surface area contributed by atoms with Crippen molar-refractivity contribution in [3.8, 4) is 5.88 Å². The highest BCUT2D eigenvalue weighted by atomic mass is 79.9. The molecule has 4 nitrogen and oxygen atoms in total. The number of methoxy groups -OCH3 is 1. The van der Waals surface area contributed by atoms with Crippen LogP contribution in [0.3, 0.4) is 0 Å². The summed E-state index contributed by atoms with van der Waals surface area (Å²) in [5, 5.41) is 8.80. The van der Waals surface area contributed by atoms with E-state index in [1.807, 2.05) is 6.07 Å². The quantitative estimate of drug-likeness (QED) is 0.913. The zero-order valence-corrected chi connectivity index (χ0v) is 10.1. The number of hydrogen-bond acceptors (Lipinski definition) is 3. The molecule has 0 aromatic carbocycles. The highest BCUT2D eigenvalue weighted by Gasteiger charge is 2.15. The lowest BCUT2D eigenvalue weighted by Crippen LogP contribution is -2.13. The highest BCUT2D eigenvalue weighted by Crippen LogP contribution is 2.22. The summed E-state index contributed by atoms with van der Waals surface area (Å²) in [5.41, 5.74) is 0.793. The van der Waals surface area contributed by atoms with E-state index in [-0.39, 0.29) is 0 Å². The summed E-state index contributed by atoms with van der Waals surface area (Å²) >= 11 is 3.29. The molecule has 1 unspecified atom stereocenters. The summed E-state index contributed by atoms with van der Waals surface area (Å²) in [4.78, 5) is 14.8. The summed E-state index contributed by atoms with van der Waals surface area (Å²) in [7, 11) is 1.52. The van der Waals surface area contributed by atoms with Gasteiger partial charge in [0.1, 0.15) is 0 Å². The van der Waals surface area contributed by atoms with Gasteiger partial charge in [-0.05, 0) is 28.4 Å². The van der Waals surface area contributed by atoms with E-state index in [1.165, 1.54) is 7.11 Å². The molecule has 1 atom stereocenters. The monoisotopic (exact) mass is 273 g/mol. The van der Waals surface area contributed by atoms with E-state index in [4.69, 9.17) is 9.84 Å². The molecule has 0 aliphatic rings. The minimum absolute atomic E-state index is 0.408. The number of carbonyl (C=O) groups is 1. The van der Waals surface area contributed by atoms with Crippen LogP contribution in [0.5, 0.6) is 5.88 Å². The van der Waals surface area contributed by atoms with Crippen LogP contribution in [0.2, 0.25) is 0 Å².